The normalized spacial score (nSPS) is 16.7. The van der Waals surface area contributed by atoms with Crippen molar-refractivity contribution < 1.29 is 0 Å². The summed E-state index contributed by atoms with van der Waals surface area (Å²) in [4.78, 5) is 4.29. The molecule has 1 aliphatic rings. The van der Waals surface area contributed by atoms with E-state index in [0.29, 0.717) is 0 Å². The quantitative estimate of drug-likeness (QED) is 0.552. The lowest BCUT2D eigenvalue weighted by molar-refractivity contribution is 0.978. The van der Waals surface area contributed by atoms with Crippen molar-refractivity contribution in [1.82, 2.24) is 0 Å². The molecule has 10 heavy (non-hydrogen) atoms. The summed E-state index contributed by atoms with van der Waals surface area (Å²) < 4.78 is 0. The van der Waals surface area contributed by atoms with Gasteiger partial charge in [0.1, 0.15) is 0 Å². The van der Waals surface area contributed by atoms with Gasteiger partial charge < -0.3 is 0 Å². The summed E-state index contributed by atoms with van der Waals surface area (Å²) in [6.45, 7) is 2.18. The standard InChI is InChI=1S/C9H13N/c1-2-6-9-7-4-3-5-8-10-9/h3-5,8H,2,6-7H2,1H3. The molecule has 0 unspecified atom stereocenters. The molecule has 0 radical (unpaired) electrons. The van der Waals surface area contributed by atoms with Crippen molar-refractivity contribution in [2.45, 2.75) is 26.2 Å². The van der Waals surface area contributed by atoms with E-state index in [1.165, 1.54) is 12.1 Å². The van der Waals surface area contributed by atoms with E-state index >= 15 is 0 Å². The van der Waals surface area contributed by atoms with Crippen molar-refractivity contribution in [3.8, 4) is 0 Å². The first-order valence-electron chi connectivity index (χ1n) is 3.80. The summed E-state index contributed by atoms with van der Waals surface area (Å²) in [5, 5.41) is 0. The van der Waals surface area contributed by atoms with Crippen LogP contribution in [0.1, 0.15) is 26.2 Å². The number of nitrogens with zero attached hydrogens (tertiary/aromatic N) is 1. The van der Waals surface area contributed by atoms with E-state index in [1.807, 2.05) is 18.4 Å². The highest BCUT2D eigenvalue weighted by atomic mass is 14.7. The van der Waals surface area contributed by atoms with Crippen LogP contribution in [0.3, 0.4) is 0 Å². The molecule has 1 nitrogen and oxygen atoms in total. The molecule has 1 rings (SSSR count). The predicted octanol–water partition coefficient (Wildman–Crippen LogP) is 2.70. The maximum Gasteiger partial charge on any atom is 0.0267 e. The van der Waals surface area contributed by atoms with Crippen LogP contribution in [0.4, 0.5) is 0 Å². The summed E-state index contributed by atoms with van der Waals surface area (Å²) in [5.41, 5.74) is 1.30. The molecule has 0 aromatic carbocycles. The molecule has 0 aliphatic carbocycles. The van der Waals surface area contributed by atoms with Crippen molar-refractivity contribution in [3.05, 3.63) is 24.4 Å². The van der Waals surface area contributed by atoms with E-state index < -0.39 is 0 Å². The summed E-state index contributed by atoms with van der Waals surface area (Å²) in [6.07, 6.45) is 11.4. The largest absolute Gasteiger partial charge is 0.265 e. The van der Waals surface area contributed by atoms with Gasteiger partial charge in [-0.25, -0.2) is 0 Å². The molecule has 0 amide bonds. The van der Waals surface area contributed by atoms with Crippen LogP contribution in [0, 0.1) is 0 Å². The Kier molecular flexibility index (Phi) is 2.94. The summed E-state index contributed by atoms with van der Waals surface area (Å²) in [5.74, 6) is 0. The second-order valence-corrected chi connectivity index (χ2v) is 2.42. The molecular formula is C9H13N. The fourth-order valence-corrected chi connectivity index (χ4v) is 0.989. The van der Waals surface area contributed by atoms with E-state index in [0.717, 1.165) is 12.8 Å². The smallest absolute Gasteiger partial charge is 0.0267 e. The van der Waals surface area contributed by atoms with Gasteiger partial charge in [-0.05, 0) is 12.5 Å². The Morgan fingerprint density at radius 3 is 3.20 bits per heavy atom. The maximum absolute atomic E-state index is 4.29. The van der Waals surface area contributed by atoms with Crippen LogP contribution in [0.5, 0.6) is 0 Å². The third-order valence-electron chi connectivity index (χ3n) is 1.48. The predicted molar refractivity (Wildman–Crippen MR) is 45.2 cm³/mol. The monoisotopic (exact) mass is 135 g/mol. The molecule has 0 aromatic rings. The lowest BCUT2D eigenvalue weighted by atomic mass is 10.1. The zero-order chi connectivity index (χ0) is 7.23. The minimum absolute atomic E-state index is 1.03. The molecule has 1 aliphatic heterocycles. The Hall–Kier alpha value is -0.850. The van der Waals surface area contributed by atoms with Crippen molar-refractivity contribution in [1.29, 1.82) is 0 Å². The Balaban J connectivity index is 2.50. The molecular weight excluding hydrogens is 122 g/mol. The van der Waals surface area contributed by atoms with Gasteiger partial charge in [-0.1, -0.05) is 25.5 Å². The summed E-state index contributed by atoms with van der Waals surface area (Å²) in [7, 11) is 0. The zero-order valence-corrected chi connectivity index (χ0v) is 6.38. The second-order valence-electron chi connectivity index (χ2n) is 2.42. The molecule has 0 aromatic heterocycles. The zero-order valence-electron chi connectivity index (χ0n) is 6.38. The van der Waals surface area contributed by atoms with Gasteiger partial charge in [0.2, 0.25) is 0 Å². The van der Waals surface area contributed by atoms with Crippen LogP contribution < -0.4 is 0 Å². The first kappa shape index (κ1) is 7.26. The Morgan fingerprint density at radius 2 is 2.40 bits per heavy atom. The summed E-state index contributed by atoms with van der Waals surface area (Å²) in [6, 6.07) is 0. The Morgan fingerprint density at radius 1 is 1.50 bits per heavy atom. The van der Waals surface area contributed by atoms with Gasteiger partial charge in [0, 0.05) is 18.3 Å². The average Bonchev–Trinajstić information content (AvgIpc) is 2.17. The maximum atomic E-state index is 4.29. The highest BCUT2D eigenvalue weighted by Gasteiger charge is 1.94. The number of aliphatic imine (C=N–C) groups is 1. The van der Waals surface area contributed by atoms with Crippen LogP contribution >= 0.6 is 0 Å². The SMILES string of the molecule is CCCC1=NC=CC=CC1. The number of hydrogen-bond acceptors (Lipinski definition) is 1. The molecule has 0 saturated carbocycles. The molecule has 0 N–H and O–H groups in total. The minimum atomic E-state index is 1.03. The van der Waals surface area contributed by atoms with E-state index in [-0.39, 0.29) is 0 Å². The number of hydrogen-bond donors (Lipinski definition) is 0. The fourth-order valence-electron chi connectivity index (χ4n) is 0.989. The second kappa shape index (κ2) is 4.04. The Labute approximate surface area is 62.2 Å². The highest BCUT2D eigenvalue weighted by molar-refractivity contribution is 5.86. The van der Waals surface area contributed by atoms with Gasteiger partial charge in [0.15, 0.2) is 0 Å². The first-order chi connectivity index (χ1) is 4.93. The van der Waals surface area contributed by atoms with Crippen LogP contribution in [-0.2, 0) is 0 Å². The fraction of sp³-hybridized carbons (Fsp3) is 0.444. The summed E-state index contributed by atoms with van der Waals surface area (Å²) >= 11 is 0. The Bertz CT molecular complexity index is 175. The van der Waals surface area contributed by atoms with Crippen molar-refractivity contribution in [2.75, 3.05) is 0 Å². The van der Waals surface area contributed by atoms with Crippen LogP contribution in [0.15, 0.2) is 29.4 Å². The molecule has 0 saturated heterocycles. The third kappa shape index (κ3) is 2.18. The van der Waals surface area contributed by atoms with E-state index in [4.69, 9.17) is 0 Å². The van der Waals surface area contributed by atoms with E-state index in [1.54, 1.807) is 0 Å². The van der Waals surface area contributed by atoms with Gasteiger partial charge in [0.05, 0.1) is 0 Å². The van der Waals surface area contributed by atoms with Crippen LogP contribution in [0.25, 0.3) is 0 Å². The third-order valence-corrected chi connectivity index (χ3v) is 1.48. The highest BCUT2D eigenvalue weighted by Crippen LogP contribution is 2.02. The van der Waals surface area contributed by atoms with Gasteiger partial charge in [-0.3, -0.25) is 4.99 Å². The van der Waals surface area contributed by atoms with Crippen LogP contribution in [-0.4, -0.2) is 5.71 Å². The van der Waals surface area contributed by atoms with Crippen molar-refractivity contribution in [3.63, 3.8) is 0 Å². The molecule has 54 valence electrons. The van der Waals surface area contributed by atoms with Crippen LogP contribution in [0.2, 0.25) is 0 Å². The number of rotatable bonds is 2. The number of allylic oxidation sites excluding steroid dienone is 3. The molecule has 0 fully saturated rings. The minimum Gasteiger partial charge on any atom is -0.265 e. The molecule has 0 spiro atoms. The molecule has 1 heterocycles. The van der Waals surface area contributed by atoms with Gasteiger partial charge >= 0.3 is 0 Å². The van der Waals surface area contributed by atoms with Gasteiger partial charge in [-0.15, -0.1) is 0 Å². The molecule has 1 heteroatoms. The van der Waals surface area contributed by atoms with Gasteiger partial charge in [0.25, 0.3) is 0 Å². The van der Waals surface area contributed by atoms with Crippen molar-refractivity contribution in [2.24, 2.45) is 4.99 Å². The lowest BCUT2D eigenvalue weighted by Gasteiger charge is -1.96. The van der Waals surface area contributed by atoms with Gasteiger partial charge in [-0.2, -0.15) is 0 Å². The molecule has 0 atom stereocenters. The van der Waals surface area contributed by atoms with E-state index in [2.05, 4.69) is 18.0 Å². The van der Waals surface area contributed by atoms with E-state index in [9.17, 15) is 0 Å². The lowest BCUT2D eigenvalue weighted by Crippen LogP contribution is -1.93. The average molecular weight is 135 g/mol. The first-order valence-corrected chi connectivity index (χ1v) is 3.80. The van der Waals surface area contributed by atoms with Crippen molar-refractivity contribution >= 4 is 5.71 Å². The molecule has 0 bridgehead atoms. The topological polar surface area (TPSA) is 12.4 Å².